The summed E-state index contributed by atoms with van der Waals surface area (Å²) >= 11 is 0. The van der Waals surface area contributed by atoms with Gasteiger partial charge >= 0.3 is 0 Å². The molecule has 4 nitrogen and oxygen atoms in total. The number of carbonyl (C=O) groups excluding carboxylic acids is 2. The van der Waals surface area contributed by atoms with E-state index in [1.165, 1.54) is 25.1 Å². The molecule has 2 rings (SSSR count). The summed E-state index contributed by atoms with van der Waals surface area (Å²) in [6.45, 7) is 3.73. The number of nitrogens with zero attached hydrogens (tertiary/aromatic N) is 2. The van der Waals surface area contributed by atoms with Crippen LogP contribution >= 0.6 is 0 Å². The third kappa shape index (κ3) is 3.66. The van der Waals surface area contributed by atoms with Crippen LogP contribution in [-0.2, 0) is 9.59 Å². The summed E-state index contributed by atoms with van der Waals surface area (Å²) in [5, 5.41) is 0. The molecule has 106 valence electrons. The van der Waals surface area contributed by atoms with E-state index >= 15 is 0 Å². The maximum absolute atomic E-state index is 13.0. The van der Waals surface area contributed by atoms with E-state index in [0.29, 0.717) is 31.7 Å². The van der Waals surface area contributed by atoms with E-state index in [9.17, 15) is 14.0 Å². The van der Waals surface area contributed by atoms with Crippen LogP contribution in [0.1, 0.15) is 12.5 Å². The lowest BCUT2D eigenvalue weighted by Gasteiger charge is -2.33. The van der Waals surface area contributed by atoms with Crippen LogP contribution in [0.2, 0.25) is 0 Å². The Balaban J connectivity index is 1.91. The van der Waals surface area contributed by atoms with Crippen molar-refractivity contribution in [2.75, 3.05) is 26.2 Å². The fraction of sp³-hybridized carbons (Fsp3) is 0.333. The van der Waals surface area contributed by atoms with Gasteiger partial charge in [0.2, 0.25) is 11.8 Å². The average molecular weight is 276 g/mol. The largest absolute Gasteiger partial charge is 0.339 e. The van der Waals surface area contributed by atoms with Crippen molar-refractivity contribution < 1.29 is 14.0 Å². The predicted octanol–water partition coefficient (Wildman–Crippen LogP) is 1.53. The number of carbonyl (C=O) groups is 2. The van der Waals surface area contributed by atoms with Gasteiger partial charge in [-0.15, -0.1) is 0 Å². The summed E-state index contributed by atoms with van der Waals surface area (Å²) in [6, 6.07) is 6.07. The Kier molecular flexibility index (Phi) is 4.50. The molecule has 1 aliphatic rings. The first-order chi connectivity index (χ1) is 9.56. The van der Waals surface area contributed by atoms with E-state index in [4.69, 9.17) is 0 Å². The van der Waals surface area contributed by atoms with Gasteiger partial charge in [0.15, 0.2) is 0 Å². The zero-order valence-corrected chi connectivity index (χ0v) is 11.4. The second-order valence-corrected chi connectivity index (χ2v) is 4.72. The van der Waals surface area contributed by atoms with Crippen molar-refractivity contribution in [3.8, 4) is 0 Å². The highest BCUT2D eigenvalue weighted by Crippen LogP contribution is 2.07. The van der Waals surface area contributed by atoms with Crippen molar-refractivity contribution in [2.24, 2.45) is 0 Å². The Bertz CT molecular complexity index is 534. The van der Waals surface area contributed by atoms with E-state index in [1.54, 1.807) is 28.0 Å². The van der Waals surface area contributed by atoms with Crippen molar-refractivity contribution in [1.29, 1.82) is 0 Å². The number of halogens is 1. The predicted molar refractivity (Wildman–Crippen MR) is 74.3 cm³/mol. The van der Waals surface area contributed by atoms with Crippen LogP contribution in [0.4, 0.5) is 4.39 Å². The lowest BCUT2D eigenvalue weighted by atomic mass is 10.2. The van der Waals surface area contributed by atoms with Crippen molar-refractivity contribution in [1.82, 2.24) is 9.80 Å². The summed E-state index contributed by atoms with van der Waals surface area (Å²) in [5.74, 6) is -0.403. The summed E-state index contributed by atoms with van der Waals surface area (Å²) < 4.78 is 13.0. The van der Waals surface area contributed by atoms with Crippen molar-refractivity contribution in [3.63, 3.8) is 0 Å². The molecule has 0 spiro atoms. The fourth-order valence-electron chi connectivity index (χ4n) is 2.12. The van der Waals surface area contributed by atoms with E-state index < -0.39 is 0 Å². The summed E-state index contributed by atoms with van der Waals surface area (Å²) in [5.41, 5.74) is 0.653. The molecule has 1 aliphatic heterocycles. The Hall–Kier alpha value is -2.17. The molecule has 1 fully saturated rings. The van der Waals surface area contributed by atoms with Crippen LogP contribution in [0.15, 0.2) is 30.3 Å². The molecule has 0 aromatic heterocycles. The zero-order chi connectivity index (χ0) is 14.5. The van der Waals surface area contributed by atoms with Crippen LogP contribution < -0.4 is 0 Å². The fourth-order valence-corrected chi connectivity index (χ4v) is 2.12. The summed E-state index contributed by atoms with van der Waals surface area (Å²) in [4.78, 5) is 26.6. The molecule has 0 aliphatic carbocycles. The molecule has 1 aromatic rings. The van der Waals surface area contributed by atoms with Gasteiger partial charge < -0.3 is 9.80 Å². The number of piperazine rings is 1. The number of hydrogen-bond donors (Lipinski definition) is 0. The highest BCUT2D eigenvalue weighted by Gasteiger charge is 2.20. The first-order valence-corrected chi connectivity index (χ1v) is 6.54. The van der Waals surface area contributed by atoms with Gasteiger partial charge in [-0.25, -0.2) is 4.39 Å². The highest BCUT2D eigenvalue weighted by atomic mass is 19.1. The third-order valence-corrected chi connectivity index (χ3v) is 3.30. The molecule has 1 aromatic carbocycles. The van der Waals surface area contributed by atoms with Crippen molar-refractivity contribution in [2.45, 2.75) is 6.92 Å². The Morgan fingerprint density at radius 2 is 1.80 bits per heavy atom. The number of amides is 2. The van der Waals surface area contributed by atoms with Crippen molar-refractivity contribution >= 4 is 17.9 Å². The molecule has 20 heavy (non-hydrogen) atoms. The van der Waals surface area contributed by atoms with Crippen LogP contribution in [0, 0.1) is 5.82 Å². The van der Waals surface area contributed by atoms with Crippen LogP contribution in [-0.4, -0.2) is 47.8 Å². The minimum atomic E-state index is -0.324. The SMILES string of the molecule is CC(=O)N1CCN(C(=O)/C=C/c2cccc(F)c2)CC1. The van der Waals surface area contributed by atoms with E-state index in [1.807, 2.05) is 0 Å². The van der Waals surface area contributed by atoms with Gasteiger partial charge in [-0.1, -0.05) is 12.1 Å². The van der Waals surface area contributed by atoms with Gasteiger partial charge in [-0.3, -0.25) is 9.59 Å². The second kappa shape index (κ2) is 6.32. The number of hydrogen-bond acceptors (Lipinski definition) is 2. The van der Waals surface area contributed by atoms with E-state index in [0.717, 1.165) is 0 Å². The Labute approximate surface area is 117 Å². The van der Waals surface area contributed by atoms with Crippen LogP contribution in [0.25, 0.3) is 6.08 Å². The van der Waals surface area contributed by atoms with Gasteiger partial charge in [-0.2, -0.15) is 0 Å². The maximum Gasteiger partial charge on any atom is 0.246 e. The van der Waals surface area contributed by atoms with Crippen molar-refractivity contribution in [3.05, 3.63) is 41.7 Å². The topological polar surface area (TPSA) is 40.6 Å². The molecule has 1 saturated heterocycles. The third-order valence-electron chi connectivity index (χ3n) is 3.30. The van der Waals surface area contributed by atoms with Gasteiger partial charge in [0.05, 0.1) is 0 Å². The molecular formula is C15H17FN2O2. The Morgan fingerprint density at radius 3 is 2.40 bits per heavy atom. The zero-order valence-electron chi connectivity index (χ0n) is 11.4. The smallest absolute Gasteiger partial charge is 0.246 e. The number of benzene rings is 1. The first kappa shape index (κ1) is 14.2. The molecular weight excluding hydrogens is 259 g/mol. The molecule has 5 heteroatoms. The number of rotatable bonds is 2. The monoisotopic (exact) mass is 276 g/mol. The lowest BCUT2D eigenvalue weighted by molar-refractivity contribution is -0.135. The molecule has 0 bridgehead atoms. The van der Waals surface area contributed by atoms with Crippen LogP contribution in [0.3, 0.4) is 0 Å². The van der Waals surface area contributed by atoms with E-state index in [2.05, 4.69) is 0 Å². The van der Waals surface area contributed by atoms with Gasteiger partial charge in [0, 0.05) is 39.2 Å². The standard InChI is InChI=1S/C15H17FN2O2/c1-12(19)17-7-9-18(10-8-17)15(20)6-5-13-3-2-4-14(16)11-13/h2-6,11H,7-10H2,1H3/b6-5+. The van der Waals surface area contributed by atoms with Gasteiger partial charge in [0.25, 0.3) is 0 Å². The van der Waals surface area contributed by atoms with Crippen LogP contribution in [0.5, 0.6) is 0 Å². The average Bonchev–Trinajstić information content (AvgIpc) is 2.45. The maximum atomic E-state index is 13.0. The Morgan fingerprint density at radius 1 is 1.15 bits per heavy atom. The molecule has 1 heterocycles. The molecule has 0 atom stereocenters. The second-order valence-electron chi connectivity index (χ2n) is 4.72. The summed E-state index contributed by atoms with van der Waals surface area (Å²) in [6.07, 6.45) is 3.04. The van der Waals surface area contributed by atoms with Gasteiger partial charge in [-0.05, 0) is 23.8 Å². The minimum absolute atomic E-state index is 0.0346. The minimum Gasteiger partial charge on any atom is -0.339 e. The summed E-state index contributed by atoms with van der Waals surface area (Å²) in [7, 11) is 0. The normalized spacial score (nSPS) is 15.7. The van der Waals surface area contributed by atoms with Gasteiger partial charge in [0.1, 0.15) is 5.82 Å². The first-order valence-electron chi connectivity index (χ1n) is 6.54. The molecule has 0 unspecified atom stereocenters. The molecule has 0 saturated carbocycles. The highest BCUT2D eigenvalue weighted by molar-refractivity contribution is 5.92. The quantitative estimate of drug-likeness (QED) is 0.769. The molecule has 0 N–H and O–H groups in total. The lowest BCUT2D eigenvalue weighted by Crippen LogP contribution is -2.49. The van der Waals surface area contributed by atoms with E-state index in [-0.39, 0.29) is 17.6 Å². The molecule has 0 radical (unpaired) electrons. The molecule has 2 amide bonds.